The zero-order valence-electron chi connectivity index (χ0n) is 7.55. The summed E-state index contributed by atoms with van der Waals surface area (Å²) in [6.07, 6.45) is 0.951. The van der Waals surface area contributed by atoms with Crippen LogP contribution in [-0.2, 0) is 19.1 Å². The normalized spacial score (nSPS) is 25.1. The van der Waals surface area contributed by atoms with Crippen LogP contribution in [0.2, 0.25) is 0 Å². The second-order valence-corrected chi connectivity index (χ2v) is 3.64. The van der Waals surface area contributed by atoms with E-state index in [0.29, 0.717) is 24.0 Å². The van der Waals surface area contributed by atoms with E-state index in [1.807, 2.05) is 6.92 Å². The molecule has 0 aromatic heterocycles. The van der Waals surface area contributed by atoms with Crippen molar-refractivity contribution in [3.05, 3.63) is 11.1 Å². The van der Waals surface area contributed by atoms with Crippen molar-refractivity contribution >= 4 is 11.9 Å². The fraction of sp³-hybridized carbons (Fsp3) is 0.556. The van der Waals surface area contributed by atoms with Crippen LogP contribution in [0.15, 0.2) is 11.1 Å². The molecule has 0 radical (unpaired) electrons. The number of methoxy groups -OCH3 is 1. The van der Waals surface area contributed by atoms with E-state index in [2.05, 4.69) is 4.74 Å². The van der Waals surface area contributed by atoms with Crippen LogP contribution in [0.5, 0.6) is 0 Å². The number of cyclic esters (lactones) is 2. The summed E-state index contributed by atoms with van der Waals surface area (Å²) >= 11 is 0. The maximum atomic E-state index is 11.1. The van der Waals surface area contributed by atoms with Crippen molar-refractivity contribution < 1.29 is 19.1 Å². The van der Waals surface area contributed by atoms with Gasteiger partial charge >= 0.3 is 11.9 Å². The van der Waals surface area contributed by atoms with E-state index in [0.717, 1.165) is 0 Å². The third-order valence-electron chi connectivity index (χ3n) is 2.64. The second-order valence-electron chi connectivity index (χ2n) is 3.64. The second kappa shape index (κ2) is 2.42. The van der Waals surface area contributed by atoms with Gasteiger partial charge in [-0.1, -0.05) is 0 Å². The first-order valence-electron chi connectivity index (χ1n) is 4.09. The number of esters is 2. The van der Waals surface area contributed by atoms with E-state index in [9.17, 15) is 9.59 Å². The number of hydrogen-bond acceptors (Lipinski definition) is 4. The fourth-order valence-corrected chi connectivity index (χ4v) is 1.77. The first kappa shape index (κ1) is 8.44. The van der Waals surface area contributed by atoms with Gasteiger partial charge in [-0.05, 0) is 6.92 Å². The van der Waals surface area contributed by atoms with Gasteiger partial charge in [0.25, 0.3) is 0 Å². The molecule has 0 aromatic carbocycles. The van der Waals surface area contributed by atoms with Gasteiger partial charge in [-0.2, -0.15) is 0 Å². The summed E-state index contributed by atoms with van der Waals surface area (Å²) in [5.41, 5.74) is 0.587. The predicted molar refractivity (Wildman–Crippen MR) is 42.8 cm³/mol. The van der Waals surface area contributed by atoms with Gasteiger partial charge in [-0.15, -0.1) is 0 Å². The van der Waals surface area contributed by atoms with Crippen LogP contribution in [0.1, 0.15) is 19.8 Å². The molecule has 4 nitrogen and oxygen atoms in total. The molecule has 0 aromatic rings. The minimum atomic E-state index is -0.499. The van der Waals surface area contributed by atoms with Gasteiger partial charge in [-0.25, -0.2) is 9.59 Å². The Kier molecular flexibility index (Phi) is 1.57. The molecular weight excluding hydrogens is 172 g/mol. The lowest BCUT2D eigenvalue weighted by atomic mass is 10.0. The first-order chi connectivity index (χ1) is 6.06. The molecule has 2 rings (SSSR count). The zero-order valence-corrected chi connectivity index (χ0v) is 7.55. The molecule has 0 amide bonds. The van der Waals surface area contributed by atoms with Crippen molar-refractivity contribution in [2.45, 2.75) is 25.4 Å². The maximum Gasteiger partial charge on any atom is 0.342 e. The topological polar surface area (TPSA) is 52.6 Å². The molecule has 0 fully saturated rings. The molecule has 1 heterocycles. The number of rotatable bonds is 1. The Balaban J connectivity index is 2.30. The van der Waals surface area contributed by atoms with Crippen molar-refractivity contribution in [3.8, 4) is 0 Å². The number of carbonyl (C=O) groups is 2. The third-order valence-corrected chi connectivity index (χ3v) is 2.64. The molecule has 1 aliphatic carbocycles. The first-order valence-corrected chi connectivity index (χ1v) is 4.09. The Labute approximate surface area is 75.5 Å². The average molecular weight is 182 g/mol. The van der Waals surface area contributed by atoms with Crippen LogP contribution >= 0.6 is 0 Å². The van der Waals surface area contributed by atoms with E-state index in [4.69, 9.17) is 4.74 Å². The molecule has 70 valence electrons. The summed E-state index contributed by atoms with van der Waals surface area (Å²) in [4.78, 5) is 22.2. The Morgan fingerprint density at radius 1 is 1.23 bits per heavy atom. The molecule has 0 atom stereocenters. The molecular formula is C9H10O4. The van der Waals surface area contributed by atoms with Gasteiger partial charge < -0.3 is 9.47 Å². The van der Waals surface area contributed by atoms with Crippen molar-refractivity contribution in [3.63, 3.8) is 0 Å². The monoisotopic (exact) mass is 182 g/mol. The van der Waals surface area contributed by atoms with Crippen molar-refractivity contribution in [2.24, 2.45) is 0 Å². The quantitative estimate of drug-likeness (QED) is 0.439. The van der Waals surface area contributed by atoms with Gasteiger partial charge in [0.05, 0.1) is 16.7 Å². The lowest BCUT2D eigenvalue weighted by Crippen LogP contribution is -2.26. The molecule has 1 aliphatic heterocycles. The Hall–Kier alpha value is -1.16. The van der Waals surface area contributed by atoms with Gasteiger partial charge in [-0.3, -0.25) is 0 Å². The standard InChI is InChI=1S/C9H10O4/c1-9(12-2)3-5-6(4-9)8(11)13-7(5)10/h3-4H2,1-2H3. The van der Waals surface area contributed by atoms with Crippen LogP contribution in [0.4, 0.5) is 0 Å². The van der Waals surface area contributed by atoms with Gasteiger partial charge in [0, 0.05) is 20.0 Å². The molecule has 0 bridgehead atoms. The minimum Gasteiger partial charge on any atom is -0.386 e. The van der Waals surface area contributed by atoms with E-state index in [1.165, 1.54) is 0 Å². The van der Waals surface area contributed by atoms with E-state index < -0.39 is 17.5 Å². The molecule has 2 aliphatic rings. The lowest BCUT2D eigenvalue weighted by Gasteiger charge is -2.22. The smallest absolute Gasteiger partial charge is 0.342 e. The van der Waals surface area contributed by atoms with Gasteiger partial charge in [0.2, 0.25) is 0 Å². The van der Waals surface area contributed by atoms with Crippen LogP contribution in [0.3, 0.4) is 0 Å². The highest BCUT2D eigenvalue weighted by molar-refractivity contribution is 6.13. The van der Waals surface area contributed by atoms with Crippen LogP contribution in [-0.4, -0.2) is 24.6 Å². The van der Waals surface area contributed by atoms with Gasteiger partial charge in [0.1, 0.15) is 0 Å². The molecule has 0 spiro atoms. The van der Waals surface area contributed by atoms with Gasteiger partial charge in [0.15, 0.2) is 0 Å². The molecule has 4 heteroatoms. The molecule has 0 unspecified atom stereocenters. The fourth-order valence-electron chi connectivity index (χ4n) is 1.77. The highest BCUT2D eigenvalue weighted by Crippen LogP contribution is 2.41. The Morgan fingerprint density at radius 3 is 2.08 bits per heavy atom. The maximum absolute atomic E-state index is 11.1. The average Bonchev–Trinajstić information content (AvgIpc) is 2.54. The Morgan fingerprint density at radius 2 is 1.69 bits per heavy atom. The largest absolute Gasteiger partial charge is 0.386 e. The summed E-state index contributed by atoms with van der Waals surface area (Å²) in [5.74, 6) is -0.999. The van der Waals surface area contributed by atoms with Crippen molar-refractivity contribution in [1.82, 2.24) is 0 Å². The Bertz CT molecular complexity index is 301. The predicted octanol–water partition coefficient (Wildman–Crippen LogP) is 0.565. The van der Waals surface area contributed by atoms with E-state index >= 15 is 0 Å². The third kappa shape index (κ3) is 1.09. The number of hydrogen-bond donors (Lipinski definition) is 0. The zero-order chi connectivity index (χ0) is 9.64. The summed E-state index contributed by atoms with van der Waals surface area (Å²) in [6.45, 7) is 1.88. The lowest BCUT2D eigenvalue weighted by molar-refractivity contribution is -0.152. The van der Waals surface area contributed by atoms with Crippen molar-refractivity contribution in [1.29, 1.82) is 0 Å². The van der Waals surface area contributed by atoms with Crippen LogP contribution in [0, 0.1) is 0 Å². The van der Waals surface area contributed by atoms with Crippen LogP contribution < -0.4 is 0 Å². The molecule has 0 saturated carbocycles. The summed E-state index contributed by atoms with van der Waals surface area (Å²) < 4.78 is 9.69. The number of ether oxygens (including phenoxy) is 2. The van der Waals surface area contributed by atoms with Crippen LogP contribution in [0.25, 0.3) is 0 Å². The molecule has 0 saturated heterocycles. The number of carbonyl (C=O) groups excluding carboxylic acids is 2. The molecule has 13 heavy (non-hydrogen) atoms. The summed E-state index contributed by atoms with van der Waals surface area (Å²) in [6, 6.07) is 0. The highest BCUT2D eigenvalue weighted by atomic mass is 16.6. The van der Waals surface area contributed by atoms with Crippen molar-refractivity contribution in [2.75, 3.05) is 7.11 Å². The highest BCUT2D eigenvalue weighted by Gasteiger charge is 2.46. The SMILES string of the molecule is COC1(C)CC2=C(C1)C(=O)OC2=O. The minimum absolute atomic E-state index is 0.403. The summed E-state index contributed by atoms with van der Waals surface area (Å²) in [7, 11) is 1.58. The molecule has 0 N–H and O–H groups in total. The van der Waals surface area contributed by atoms with E-state index in [1.54, 1.807) is 7.11 Å². The van der Waals surface area contributed by atoms with E-state index in [-0.39, 0.29) is 0 Å². The summed E-state index contributed by atoms with van der Waals surface area (Å²) in [5, 5.41) is 0.